The first kappa shape index (κ1) is 10.9. The van der Waals surface area contributed by atoms with Gasteiger partial charge in [-0.2, -0.15) is 5.26 Å². The zero-order valence-electron chi connectivity index (χ0n) is 7.54. The molecule has 0 rings (SSSR count). The summed E-state index contributed by atoms with van der Waals surface area (Å²) >= 11 is 0. The van der Waals surface area contributed by atoms with Crippen LogP contribution >= 0.6 is 0 Å². The summed E-state index contributed by atoms with van der Waals surface area (Å²) in [5.41, 5.74) is 0. The average Bonchev–Trinajstić information content (AvgIpc) is 2.06. The van der Waals surface area contributed by atoms with E-state index in [2.05, 4.69) is 0 Å². The lowest BCUT2D eigenvalue weighted by Gasteiger charge is -2.18. The molecule has 4 nitrogen and oxygen atoms in total. The summed E-state index contributed by atoms with van der Waals surface area (Å²) in [5.74, 6) is -0.128. The third kappa shape index (κ3) is 3.94. The van der Waals surface area contributed by atoms with Crippen molar-refractivity contribution in [2.75, 3.05) is 26.8 Å². The van der Waals surface area contributed by atoms with Crippen LogP contribution in [0.4, 0.5) is 0 Å². The van der Waals surface area contributed by atoms with Crippen molar-refractivity contribution in [1.29, 1.82) is 5.26 Å². The molecule has 0 aliphatic carbocycles. The Labute approximate surface area is 72.7 Å². The van der Waals surface area contributed by atoms with Crippen LogP contribution in [0.5, 0.6) is 0 Å². The van der Waals surface area contributed by atoms with E-state index in [1.165, 1.54) is 0 Å². The van der Waals surface area contributed by atoms with Crippen LogP contribution in [0.25, 0.3) is 0 Å². The summed E-state index contributed by atoms with van der Waals surface area (Å²) < 4.78 is 4.83. The minimum atomic E-state index is -0.128. The molecule has 0 aromatic heterocycles. The SMILES string of the molecule is CCN(CCOC)C(=O)CC#N. The van der Waals surface area contributed by atoms with Gasteiger partial charge >= 0.3 is 0 Å². The molecule has 12 heavy (non-hydrogen) atoms. The van der Waals surface area contributed by atoms with Gasteiger partial charge in [0.15, 0.2) is 0 Å². The molecule has 0 bridgehead atoms. The van der Waals surface area contributed by atoms with Crippen LogP contribution in [0, 0.1) is 11.3 Å². The maximum absolute atomic E-state index is 11.1. The van der Waals surface area contributed by atoms with Gasteiger partial charge in [0.1, 0.15) is 6.42 Å². The van der Waals surface area contributed by atoms with E-state index in [1.54, 1.807) is 12.0 Å². The van der Waals surface area contributed by atoms with Crippen LogP contribution < -0.4 is 0 Å². The summed E-state index contributed by atoms with van der Waals surface area (Å²) in [5, 5.41) is 8.28. The molecule has 0 radical (unpaired) electrons. The molecular weight excluding hydrogens is 156 g/mol. The van der Waals surface area contributed by atoms with Gasteiger partial charge in [-0.3, -0.25) is 4.79 Å². The Bertz CT molecular complexity index is 174. The van der Waals surface area contributed by atoms with Gasteiger partial charge in [0.2, 0.25) is 5.91 Å². The number of hydrogen-bond acceptors (Lipinski definition) is 3. The van der Waals surface area contributed by atoms with Gasteiger partial charge in [-0.1, -0.05) is 0 Å². The van der Waals surface area contributed by atoms with Crippen LogP contribution in [0.3, 0.4) is 0 Å². The van der Waals surface area contributed by atoms with Gasteiger partial charge < -0.3 is 9.64 Å². The Morgan fingerprint density at radius 1 is 1.67 bits per heavy atom. The van der Waals surface area contributed by atoms with Crippen molar-refractivity contribution >= 4 is 5.91 Å². The number of methoxy groups -OCH3 is 1. The second-order valence-electron chi connectivity index (χ2n) is 2.30. The highest BCUT2D eigenvalue weighted by Gasteiger charge is 2.09. The number of carbonyl (C=O) groups is 1. The zero-order valence-corrected chi connectivity index (χ0v) is 7.54. The molecule has 0 atom stereocenters. The van der Waals surface area contributed by atoms with E-state index in [-0.39, 0.29) is 12.3 Å². The van der Waals surface area contributed by atoms with Crippen molar-refractivity contribution in [1.82, 2.24) is 4.90 Å². The minimum Gasteiger partial charge on any atom is -0.383 e. The molecule has 0 spiro atoms. The first-order valence-corrected chi connectivity index (χ1v) is 3.89. The van der Waals surface area contributed by atoms with Crippen molar-refractivity contribution in [2.45, 2.75) is 13.3 Å². The fourth-order valence-electron chi connectivity index (χ4n) is 0.840. The second-order valence-corrected chi connectivity index (χ2v) is 2.30. The maximum Gasteiger partial charge on any atom is 0.236 e. The number of rotatable bonds is 5. The highest BCUT2D eigenvalue weighted by atomic mass is 16.5. The van der Waals surface area contributed by atoms with Crippen molar-refractivity contribution in [3.8, 4) is 6.07 Å². The predicted octanol–water partition coefficient (Wildman–Crippen LogP) is 0.395. The Kier molecular flexibility index (Phi) is 6.02. The smallest absolute Gasteiger partial charge is 0.236 e. The average molecular weight is 170 g/mol. The molecule has 0 unspecified atom stereocenters. The topological polar surface area (TPSA) is 53.3 Å². The first-order valence-electron chi connectivity index (χ1n) is 3.89. The molecule has 4 heteroatoms. The number of nitrogens with zero attached hydrogens (tertiary/aromatic N) is 2. The highest BCUT2D eigenvalue weighted by Crippen LogP contribution is 1.92. The van der Waals surface area contributed by atoms with Crippen molar-refractivity contribution in [2.24, 2.45) is 0 Å². The van der Waals surface area contributed by atoms with Crippen LogP contribution in [-0.2, 0) is 9.53 Å². The molecule has 0 heterocycles. The van der Waals surface area contributed by atoms with Gasteiger partial charge in [-0.25, -0.2) is 0 Å². The monoisotopic (exact) mass is 170 g/mol. The van der Waals surface area contributed by atoms with Gasteiger partial charge in [-0.05, 0) is 6.92 Å². The van der Waals surface area contributed by atoms with E-state index in [0.717, 1.165) is 0 Å². The summed E-state index contributed by atoms with van der Waals surface area (Å²) in [6.07, 6.45) is -0.0441. The molecule has 0 aliphatic rings. The fourth-order valence-corrected chi connectivity index (χ4v) is 0.840. The van der Waals surface area contributed by atoms with Crippen molar-refractivity contribution in [3.63, 3.8) is 0 Å². The molecule has 68 valence electrons. The lowest BCUT2D eigenvalue weighted by Crippen LogP contribution is -2.33. The zero-order chi connectivity index (χ0) is 9.40. The van der Waals surface area contributed by atoms with Crippen molar-refractivity contribution < 1.29 is 9.53 Å². The van der Waals surface area contributed by atoms with E-state index in [9.17, 15) is 4.79 Å². The highest BCUT2D eigenvalue weighted by molar-refractivity contribution is 5.78. The molecule has 0 fully saturated rings. The van der Waals surface area contributed by atoms with E-state index < -0.39 is 0 Å². The summed E-state index contributed by atoms with van der Waals surface area (Å²) in [6.45, 7) is 3.59. The molecule has 0 aromatic carbocycles. The molecular formula is C8H14N2O2. The van der Waals surface area contributed by atoms with Crippen LogP contribution in [0.15, 0.2) is 0 Å². The Hall–Kier alpha value is -1.08. The number of amides is 1. The molecule has 0 saturated carbocycles. The Morgan fingerprint density at radius 2 is 2.33 bits per heavy atom. The number of ether oxygens (including phenoxy) is 1. The van der Waals surface area contributed by atoms with Crippen LogP contribution in [0.1, 0.15) is 13.3 Å². The largest absolute Gasteiger partial charge is 0.383 e. The molecule has 0 aromatic rings. The van der Waals surface area contributed by atoms with E-state index in [0.29, 0.717) is 19.7 Å². The van der Waals surface area contributed by atoms with E-state index in [4.69, 9.17) is 10.00 Å². The molecule has 0 aliphatic heterocycles. The second kappa shape index (κ2) is 6.62. The Balaban J connectivity index is 3.81. The van der Waals surface area contributed by atoms with Gasteiger partial charge in [0.25, 0.3) is 0 Å². The summed E-state index contributed by atoms with van der Waals surface area (Å²) in [7, 11) is 1.59. The Morgan fingerprint density at radius 3 is 2.75 bits per heavy atom. The number of hydrogen-bond donors (Lipinski definition) is 0. The minimum absolute atomic E-state index is 0.0441. The number of likely N-dealkylation sites (N-methyl/N-ethyl adjacent to an activating group) is 1. The molecule has 0 N–H and O–H groups in total. The predicted molar refractivity (Wildman–Crippen MR) is 44.4 cm³/mol. The third-order valence-corrected chi connectivity index (χ3v) is 1.53. The lowest BCUT2D eigenvalue weighted by atomic mass is 10.4. The molecule has 0 saturated heterocycles. The normalized spacial score (nSPS) is 9.08. The fraction of sp³-hybridized carbons (Fsp3) is 0.750. The summed E-state index contributed by atoms with van der Waals surface area (Å²) in [4.78, 5) is 12.7. The standard InChI is InChI=1S/C8H14N2O2/c1-3-10(6-7-12-2)8(11)4-5-9/h3-4,6-7H2,1-2H3. The van der Waals surface area contributed by atoms with Gasteiger partial charge in [0, 0.05) is 20.2 Å². The lowest BCUT2D eigenvalue weighted by molar-refractivity contribution is -0.130. The first-order chi connectivity index (χ1) is 5.76. The maximum atomic E-state index is 11.1. The van der Waals surface area contributed by atoms with Gasteiger partial charge in [0.05, 0.1) is 12.7 Å². The number of carbonyl (C=O) groups excluding carboxylic acids is 1. The quantitative estimate of drug-likeness (QED) is 0.600. The van der Waals surface area contributed by atoms with Gasteiger partial charge in [-0.15, -0.1) is 0 Å². The van der Waals surface area contributed by atoms with Crippen molar-refractivity contribution in [3.05, 3.63) is 0 Å². The third-order valence-electron chi connectivity index (χ3n) is 1.53. The van der Waals surface area contributed by atoms with Crippen LogP contribution in [-0.4, -0.2) is 37.6 Å². The van der Waals surface area contributed by atoms with Crippen LogP contribution in [0.2, 0.25) is 0 Å². The van der Waals surface area contributed by atoms with E-state index >= 15 is 0 Å². The number of nitriles is 1. The summed E-state index contributed by atoms with van der Waals surface area (Å²) in [6, 6.07) is 1.83. The molecule has 1 amide bonds. The van der Waals surface area contributed by atoms with E-state index in [1.807, 2.05) is 13.0 Å².